The number of aromatic nitrogens is 5. The Morgan fingerprint density at radius 2 is 2.06 bits per heavy atom. The molecule has 2 fully saturated rings. The van der Waals surface area contributed by atoms with Crippen LogP contribution < -0.4 is 11.1 Å². The average molecular weight is 521 g/mol. The number of piperidine rings is 1. The Balaban J connectivity index is 1.34. The summed E-state index contributed by atoms with van der Waals surface area (Å²) in [6, 6.07) is 6.75. The molecule has 6 rings (SSSR count). The number of carbonyl (C=O) groups is 2. The van der Waals surface area contributed by atoms with Gasteiger partial charge in [-0.1, -0.05) is 6.07 Å². The molecular formula is C23H21BrN8O2. The fraction of sp³-hybridized carbons (Fsp3) is 0.304. The number of nitrogens with two attached hydrogens (primary N) is 1. The van der Waals surface area contributed by atoms with Crippen molar-refractivity contribution in [3.8, 4) is 0 Å². The first kappa shape index (κ1) is 21.0. The van der Waals surface area contributed by atoms with Crippen molar-refractivity contribution in [2.24, 2.45) is 5.92 Å². The molecule has 10 nitrogen and oxygen atoms in total. The first-order chi connectivity index (χ1) is 16.4. The highest BCUT2D eigenvalue weighted by molar-refractivity contribution is 9.10. The molecule has 0 aromatic carbocycles. The quantitative estimate of drug-likeness (QED) is 0.395. The molecular weight excluding hydrogens is 500 g/mol. The normalized spacial score (nSPS) is 21.1. The number of aryl methyl sites for hydroxylation is 1. The van der Waals surface area contributed by atoms with Crippen LogP contribution in [0.15, 0.2) is 41.4 Å². The maximum atomic E-state index is 13.7. The predicted molar refractivity (Wildman–Crippen MR) is 130 cm³/mol. The molecule has 3 atom stereocenters. The first-order valence-electron chi connectivity index (χ1n) is 11.0. The minimum atomic E-state index is -0.538. The molecule has 0 spiro atoms. The van der Waals surface area contributed by atoms with Crippen LogP contribution in [0.2, 0.25) is 0 Å². The van der Waals surface area contributed by atoms with Crippen molar-refractivity contribution in [1.82, 2.24) is 29.4 Å². The van der Waals surface area contributed by atoms with Gasteiger partial charge in [-0.2, -0.15) is 0 Å². The lowest BCUT2D eigenvalue weighted by molar-refractivity contribution is -0.138. The van der Waals surface area contributed by atoms with Gasteiger partial charge in [0.2, 0.25) is 11.8 Å². The van der Waals surface area contributed by atoms with Crippen LogP contribution in [0.25, 0.3) is 22.1 Å². The van der Waals surface area contributed by atoms with Gasteiger partial charge in [0.25, 0.3) is 0 Å². The Kier molecular flexibility index (Phi) is 4.76. The highest BCUT2D eigenvalue weighted by Crippen LogP contribution is 2.48. The van der Waals surface area contributed by atoms with Gasteiger partial charge >= 0.3 is 0 Å². The summed E-state index contributed by atoms with van der Waals surface area (Å²) in [5, 5.41) is 3.49. The van der Waals surface area contributed by atoms with E-state index < -0.39 is 6.04 Å². The number of nitrogen functional groups attached to an aromatic ring is 1. The van der Waals surface area contributed by atoms with Crippen molar-refractivity contribution in [2.45, 2.75) is 38.4 Å². The largest absolute Gasteiger partial charge is 0.383 e. The molecule has 2 amide bonds. The van der Waals surface area contributed by atoms with E-state index >= 15 is 0 Å². The van der Waals surface area contributed by atoms with Crippen LogP contribution in [0, 0.1) is 12.8 Å². The fourth-order valence-electron chi connectivity index (χ4n) is 5.11. The highest BCUT2D eigenvalue weighted by Gasteiger charge is 2.56. The maximum absolute atomic E-state index is 13.7. The molecule has 1 aliphatic heterocycles. The van der Waals surface area contributed by atoms with Gasteiger partial charge in [0.15, 0.2) is 0 Å². The van der Waals surface area contributed by atoms with Crippen LogP contribution in [0.5, 0.6) is 0 Å². The van der Waals surface area contributed by atoms with Gasteiger partial charge in [0.05, 0.1) is 10.9 Å². The molecule has 1 saturated carbocycles. The number of hydrogen-bond acceptors (Lipinski definition) is 7. The molecule has 4 aromatic rings. The Bertz CT molecular complexity index is 1480. The van der Waals surface area contributed by atoms with Crippen molar-refractivity contribution in [1.29, 1.82) is 0 Å². The van der Waals surface area contributed by atoms with Crippen molar-refractivity contribution in [3.63, 3.8) is 0 Å². The predicted octanol–water partition coefficient (Wildman–Crippen LogP) is 2.66. The van der Waals surface area contributed by atoms with Crippen LogP contribution in [0.1, 0.15) is 18.4 Å². The fourth-order valence-corrected chi connectivity index (χ4v) is 5.45. The second-order valence-corrected chi connectivity index (χ2v) is 9.63. The molecule has 34 heavy (non-hydrogen) atoms. The van der Waals surface area contributed by atoms with Crippen LogP contribution in [0.3, 0.4) is 0 Å². The summed E-state index contributed by atoms with van der Waals surface area (Å²) >= 11 is 3.32. The van der Waals surface area contributed by atoms with E-state index in [0.717, 1.165) is 17.5 Å². The number of fused-ring (bicyclic) bond motifs is 4. The molecule has 1 saturated heterocycles. The average Bonchev–Trinajstić information content (AvgIpc) is 3.33. The molecule has 5 heterocycles. The topological polar surface area (TPSA) is 132 Å². The third kappa shape index (κ3) is 3.30. The summed E-state index contributed by atoms with van der Waals surface area (Å²) in [5.41, 5.74) is 9.13. The third-order valence-electron chi connectivity index (χ3n) is 6.70. The summed E-state index contributed by atoms with van der Waals surface area (Å²) in [5.74, 6) is 0.768. The second kappa shape index (κ2) is 7.73. The number of hydrogen-bond donors (Lipinski definition) is 2. The van der Waals surface area contributed by atoms with Gasteiger partial charge in [0.1, 0.15) is 46.3 Å². The SMILES string of the molecule is Cc1ccnc2c3c(N)ncnc3n(CC(=O)N3[C@@H]4C[C@@H]4C[C@H]3C(=O)Nc3cccc(Br)n3)c12. The molecule has 172 valence electrons. The van der Waals surface area contributed by atoms with Crippen LogP contribution in [0.4, 0.5) is 11.6 Å². The zero-order chi connectivity index (χ0) is 23.6. The molecule has 0 bridgehead atoms. The van der Waals surface area contributed by atoms with E-state index in [0.29, 0.717) is 45.1 Å². The summed E-state index contributed by atoms with van der Waals surface area (Å²) in [4.78, 5) is 45.8. The maximum Gasteiger partial charge on any atom is 0.248 e. The van der Waals surface area contributed by atoms with Gasteiger partial charge in [-0.25, -0.2) is 15.0 Å². The van der Waals surface area contributed by atoms with Gasteiger partial charge in [0, 0.05) is 12.2 Å². The minimum Gasteiger partial charge on any atom is -0.383 e. The van der Waals surface area contributed by atoms with E-state index in [1.807, 2.05) is 17.6 Å². The van der Waals surface area contributed by atoms with Gasteiger partial charge in [-0.15, -0.1) is 0 Å². The lowest BCUT2D eigenvalue weighted by Gasteiger charge is -2.27. The van der Waals surface area contributed by atoms with Gasteiger partial charge < -0.3 is 20.5 Å². The molecule has 11 heteroatoms. The van der Waals surface area contributed by atoms with Crippen LogP contribution in [-0.2, 0) is 16.1 Å². The monoisotopic (exact) mass is 520 g/mol. The number of anilines is 2. The van der Waals surface area contributed by atoms with Crippen molar-refractivity contribution in [3.05, 3.63) is 47.0 Å². The molecule has 0 unspecified atom stereocenters. The van der Waals surface area contributed by atoms with Crippen LogP contribution >= 0.6 is 15.9 Å². The summed E-state index contributed by atoms with van der Waals surface area (Å²) in [6.45, 7) is 1.99. The van der Waals surface area contributed by atoms with Crippen LogP contribution in [-0.4, -0.2) is 53.3 Å². The Labute approximate surface area is 202 Å². The number of pyridine rings is 2. The molecule has 2 aliphatic rings. The van der Waals surface area contributed by atoms with E-state index in [1.165, 1.54) is 6.33 Å². The lowest BCUT2D eigenvalue weighted by atomic mass is 10.1. The Morgan fingerprint density at radius 3 is 2.88 bits per heavy atom. The smallest absolute Gasteiger partial charge is 0.248 e. The Hall–Kier alpha value is -3.60. The standard InChI is InChI=1S/C23H21BrN8O2/c1-11-5-6-26-19-18-21(25)27-10-28-22(18)31(20(11)19)9-17(33)32-13-7-12(13)8-14(32)23(34)30-16-4-2-3-15(24)29-16/h2-6,10,12-14H,7-9H2,1H3,(H2,25,27,28)(H,29,30,34)/t12-,13-,14+/m1/s1. The first-order valence-corrected chi connectivity index (χ1v) is 11.8. The minimum absolute atomic E-state index is 0.0329. The number of carbonyl (C=O) groups excluding carboxylic acids is 2. The summed E-state index contributed by atoms with van der Waals surface area (Å²) in [7, 11) is 0. The van der Waals surface area contributed by atoms with Crippen molar-refractivity contribution >= 4 is 61.4 Å². The highest BCUT2D eigenvalue weighted by atomic mass is 79.9. The number of halogens is 1. The van der Waals surface area contributed by atoms with E-state index in [2.05, 4.69) is 41.2 Å². The number of likely N-dealkylation sites (tertiary alicyclic amines) is 1. The summed E-state index contributed by atoms with van der Waals surface area (Å²) in [6.07, 6.45) is 4.68. The van der Waals surface area contributed by atoms with Gasteiger partial charge in [-0.05, 0) is 65.4 Å². The van der Waals surface area contributed by atoms with E-state index in [1.54, 1.807) is 29.3 Å². The van der Waals surface area contributed by atoms with Gasteiger partial charge in [-0.3, -0.25) is 14.6 Å². The third-order valence-corrected chi connectivity index (χ3v) is 7.14. The molecule has 3 N–H and O–H groups in total. The number of rotatable bonds is 4. The van der Waals surface area contributed by atoms with E-state index in [-0.39, 0.29) is 24.4 Å². The number of nitrogens with zero attached hydrogens (tertiary/aromatic N) is 6. The summed E-state index contributed by atoms with van der Waals surface area (Å²) < 4.78 is 2.47. The van der Waals surface area contributed by atoms with E-state index in [4.69, 9.17) is 5.73 Å². The zero-order valence-corrected chi connectivity index (χ0v) is 19.9. The number of amides is 2. The van der Waals surface area contributed by atoms with Crippen molar-refractivity contribution in [2.75, 3.05) is 11.1 Å². The lowest BCUT2D eigenvalue weighted by Crippen LogP contribution is -2.46. The molecule has 1 aliphatic carbocycles. The second-order valence-electron chi connectivity index (χ2n) is 8.82. The molecule has 0 radical (unpaired) electrons. The van der Waals surface area contributed by atoms with E-state index in [9.17, 15) is 9.59 Å². The zero-order valence-electron chi connectivity index (χ0n) is 18.3. The molecule has 4 aromatic heterocycles. The van der Waals surface area contributed by atoms with Crippen molar-refractivity contribution < 1.29 is 9.59 Å². The number of nitrogens with one attached hydrogen (secondary N) is 1. The Morgan fingerprint density at radius 1 is 1.21 bits per heavy atom.